The SMILES string of the molecule is C1=CCC(NCCc2ccccn2)C1. The number of hydrogen-bond donors (Lipinski definition) is 1. The minimum absolute atomic E-state index is 0.665. The van der Waals surface area contributed by atoms with Crippen LogP contribution in [0.5, 0.6) is 0 Å². The van der Waals surface area contributed by atoms with Gasteiger partial charge in [-0.25, -0.2) is 0 Å². The summed E-state index contributed by atoms with van der Waals surface area (Å²) >= 11 is 0. The molecular weight excluding hydrogens is 172 g/mol. The van der Waals surface area contributed by atoms with Crippen molar-refractivity contribution in [2.75, 3.05) is 6.54 Å². The molecule has 0 atom stereocenters. The van der Waals surface area contributed by atoms with Gasteiger partial charge in [-0.1, -0.05) is 18.2 Å². The van der Waals surface area contributed by atoms with Crippen molar-refractivity contribution in [1.82, 2.24) is 10.3 Å². The number of nitrogens with one attached hydrogen (secondary N) is 1. The third kappa shape index (κ3) is 2.67. The normalized spacial score (nSPS) is 16.3. The van der Waals surface area contributed by atoms with Gasteiger partial charge in [-0.2, -0.15) is 0 Å². The molecule has 1 N–H and O–H groups in total. The Morgan fingerprint density at radius 2 is 2.14 bits per heavy atom. The monoisotopic (exact) mass is 188 g/mol. The molecule has 2 rings (SSSR count). The summed E-state index contributed by atoms with van der Waals surface area (Å²) in [6.07, 6.45) is 9.74. The number of aromatic nitrogens is 1. The Kier molecular flexibility index (Phi) is 3.30. The second-order valence-electron chi connectivity index (χ2n) is 3.66. The number of rotatable bonds is 4. The minimum Gasteiger partial charge on any atom is -0.313 e. The van der Waals surface area contributed by atoms with Crippen LogP contribution in [-0.4, -0.2) is 17.6 Å². The first-order chi connectivity index (χ1) is 6.95. The molecule has 1 heterocycles. The van der Waals surface area contributed by atoms with Gasteiger partial charge in [0.05, 0.1) is 0 Å². The molecule has 14 heavy (non-hydrogen) atoms. The van der Waals surface area contributed by atoms with Crippen molar-refractivity contribution in [1.29, 1.82) is 0 Å². The summed E-state index contributed by atoms with van der Waals surface area (Å²) in [5, 5.41) is 3.53. The van der Waals surface area contributed by atoms with Gasteiger partial charge in [0, 0.05) is 30.9 Å². The molecule has 0 unspecified atom stereocenters. The fourth-order valence-electron chi connectivity index (χ4n) is 1.73. The van der Waals surface area contributed by atoms with E-state index in [1.165, 1.54) is 18.5 Å². The lowest BCUT2D eigenvalue weighted by Crippen LogP contribution is -2.28. The van der Waals surface area contributed by atoms with Gasteiger partial charge in [0.2, 0.25) is 0 Å². The van der Waals surface area contributed by atoms with Gasteiger partial charge in [0.25, 0.3) is 0 Å². The highest BCUT2D eigenvalue weighted by Crippen LogP contribution is 2.08. The van der Waals surface area contributed by atoms with E-state index >= 15 is 0 Å². The van der Waals surface area contributed by atoms with Crippen molar-refractivity contribution in [2.24, 2.45) is 0 Å². The van der Waals surface area contributed by atoms with E-state index in [0.29, 0.717) is 6.04 Å². The maximum atomic E-state index is 4.29. The van der Waals surface area contributed by atoms with Crippen LogP contribution in [0.3, 0.4) is 0 Å². The number of pyridine rings is 1. The highest BCUT2D eigenvalue weighted by Gasteiger charge is 2.08. The van der Waals surface area contributed by atoms with Crippen LogP contribution < -0.4 is 5.32 Å². The molecule has 1 aromatic rings. The average Bonchev–Trinajstić information content (AvgIpc) is 2.72. The van der Waals surface area contributed by atoms with Crippen molar-refractivity contribution >= 4 is 0 Å². The van der Waals surface area contributed by atoms with E-state index in [0.717, 1.165) is 13.0 Å². The van der Waals surface area contributed by atoms with Gasteiger partial charge in [-0.15, -0.1) is 0 Å². The average molecular weight is 188 g/mol. The molecule has 2 heteroatoms. The second kappa shape index (κ2) is 4.91. The predicted octanol–water partition coefficient (Wildman–Crippen LogP) is 1.93. The summed E-state index contributed by atoms with van der Waals surface area (Å²) in [5.41, 5.74) is 1.17. The van der Waals surface area contributed by atoms with E-state index in [2.05, 4.69) is 28.5 Å². The fraction of sp³-hybridized carbons (Fsp3) is 0.417. The van der Waals surface area contributed by atoms with Crippen molar-refractivity contribution in [3.63, 3.8) is 0 Å². The van der Waals surface area contributed by atoms with Gasteiger partial charge in [0.15, 0.2) is 0 Å². The van der Waals surface area contributed by atoms with Crippen molar-refractivity contribution in [2.45, 2.75) is 25.3 Å². The molecular formula is C12H16N2. The Balaban J connectivity index is 1.68. The Hall–Kier alpha value is -1.15. The Morgan fingerprint density at radius 3 is 2.86 bits per heavy atom. The third-order valence-corrected chi connectivity index (χ3v) is 2.55. The standard InChI is InChI=1S/C12H16N2/c1-2-6-11(5-1)14-10-8-12-7-3-4-9-13-12/h1-4,7,9,11,14H,5-6,8,10H2. The third-order valence-electron chi connectivity index (χ3n) is 2.55. The summed E-state index contributed by atoms with van der Waals surface area (Å²) in [5.74, 6) is 0. The molecule has 74 valence electrons. The van der Waals surface area contributed by atoms with Crippen LogP contribution in [0, 0.1) is 0 Å². The van der Waals surface area contributed by atoms with Gasteiger partial charge in [-0.3, -0.25) is 4.98 Å². The largest absolute Gasteiger partial charge is 0.313 e. The number of nitrogens with zero attached hydrogens (tertiary/aromatic N) is 1. The Labute approximate surface area is 85.1 Å². The summed E-state index contributed by atoms with van der Waals surface area (Å²) in [7, 11) is 0. The van der Waals surface area contributed by atoms with Gasteiger partial charge < -0.3 is 5.32 Å². The summed E-state index contributed by atoms with van der Waals surface area (Å²) in [6.45, 7) is 1.03. The lowest BCUT2D eigenvalue weighted by Gasteiger charge is -2.10. The quantitative estimate of drug-likeness (QED) is 0.730. The van der Waals surface area contributed by atoms with E-state index in [-0.39, 0.29) is 0 Å². The second-order valence-corrected chi connectivity index (χ2v) is 3.66. The molecule has 1 aromatic heterocycles. The van der Waals surface area contributed by atoms with Crippen molar-refractivity contribution in [3.8, 4) is 0 Å². The van der Waals surface area contributed by atoms with Crippen LogP contribution in [0.15, 0.2) is 36.5 Å². The first kappa shape index (κ1) is 9.41. The summed E-state index contributed by atoms with van der Waals surface area (Å²) in [4.78, 5) is 4.29. The van der Waals surface area contributed by atoms with Crippen LogP contribution in [-0.2, 0) is 6.42 Å². The molecule has 0 aliphatic heterocycles. The Morgan fingerprint density at radius 1 is 1.29 bits per heavy atom. The van der Waals surface area contributed by atoms with E-state index in [1.54, 1.807) is 0 Å². The van der Waals surface area contributed by atoms with E-state index in [4.69, 9.17) is 0 Å². The van der Waals surface area contributed by atoms with Gasteiger partial charge in [0.1, 0.15) is 0 Å². The number of hydrogen-bond acceptors (Lipinski definition) is 2. The minimum atomic E-state index is 0.665. The van der Waals surface area contributed by atoms with Crippen LogP contribution >= 0.6 is 0 Å². The molecule has 0 fully saturated rings. The van der Waals surface area contributed by atoms with Gasteiger partial charge >= 0.3 is 0 Å². The van der Waals surface area contributed by atoms with Crippen LogP contribution in [0.2, 0.25) is 0 Å². The molecule has 2 nitrogen and oxygen atoms in total. The van der Waals surface area contributed by atoms with Crippen LogP contribution in [0.1, 0.15) is 18.5 Å². The molecule has 1 aliphatic rings. The molecule has 0 spiro atoms. The first-order valence-corrected chi connectivity index (χ1v) is 5.23. The summed E-state index contributed by atoms with van der Waals surface area (Å²) < 4.78 is 0. The Bertz CT molecular complexity index is 284. The smallest absolute Gasteiger partial charge is 0.0416 e. The lowest BCUT2D eigenvalue weighted by molar-refractivity contribution is 0.539. The highest BCUT2D eigenvalue weighted by molar-refractivity contribution is 5.04. The van der Waals surface area contributed by atoms with E-state index in [1.807, 2.05) is 18.3 Å². The molecule has 1 aliphatic carbocycles. The van der Waals surface area contributed by atoms with Crippen molar-refractivity contribution in [3.05, 3.63) is 42.2 Å². The maximum absolute atomic E-state index is 4.29. The van der Waals surface area contributed by atoms with Gasteiger partial charge in [-0.05, 0) is 25.0 Å². The summed E-state index contributed by atoms with van der Waals surface area (Å²) in [6, 6.07) is 6.74. The van der Waals surface area contributed by atoms with E-state index < -0.39 is 0 Å². The molecule has 0 aromatic carbocycles. The zero-order valence-electron chi connectivity index (χ0n) is 8.32. The molecule has 0 bridgehead atoms. The molecule has 0 amide bonds. The highest BCUT2D eigenvalue weighted by atomic mass is 14.9. The van der Waals surface area contributed by atoms with Crippen LogP contribution in [0.25, 0.3) is 0 Å². The fourth-order valence-corrected chi connectivity index (χ4v) is 1.73. The zero-order chi connectivity index (χ0) is 9.64. The molecule has 0 radical (unpaired) electrons. The molecule has 0 saturated heterocycles. The maximum Gasteiger partial charge on any atom is 0.0416 e. The zero-order valence-corrected chi connectivity index (χ0v) is 8.32. The van der Waals surface area contributed by atoms with Crippen molar-refractivity contribution < 1.29 is 0 Å². The molecule has 0 saturated carbocycles. The lowest BCUT2D eigenvalue weighted by atomic mass is 10.2. The topological polar surface area (TPSA) is 24.9 Å². The predicted molar refractivity (Wildman–Crippen MR) is 58.1 cm³/mol. The van der Waals surface area contributed by atoms with Crippen LogP contribution in [0.4, 0.5) is 0 Å². The van der Waals surface area contributed by atoms with E-state index in [9.17, 15) is 0 Å². The first-order valence-electron chi connectivity index (χ1n) is 5.23.